The molecular formula is C17H16ClN3. The Labute approximate surface area is 129 Å². The first-order chi connectivity index (χ1) is 10.3. The van der Waals surface area contributed by atoms with Gasteiger partial charge in [-0.15, -0.1) is 0 Å². The first-order valence-electron chi connectivity index (χ1n) is 6.86. The van der Waals surface area contributed by atoms with Crippen LogP contribution in [0.1, 0.15) is 11.1 Å². The standard InChI is InChI=1S/C17H16ClN3/c18-16-8-3-1-6-14(16)12-19-13-15-7-2-4-9-17(15)21-11-5-10-20-21/h1-11,19H,12-13H2. The number of benzene rings is 2. The fraction of sp³-hybridized carbons (Fsp3) is 0.118. The second-order valence-electron chi connectivity index (χ2n) is 4.77. The molecule has 0 aliphatic rings. The van der Waals surface area contributed by atoms with Crippen molar-refractivity contribution in [1.82, 2.24) is 15.1 Å². The van der Waals surface area contributed by atoms with E-state index < -0.39 is 0 Å². The van der Waals surface area contributed by atoms with Gasteiger partial charge in [-0.3, -0.25) is 0 Å². The van der Waals surface area contributed by atoms with Crippen molar-refractivity contribution in [3.8, 4) is 5.69 Å². The summed E-state index contributed by atoms with van der Waals surface area (Å²) in [5.74, 6) is 0. The van der Waals surface area contributed by atoms with Crippen molar-refractivity contribution in [3.05, 3.63) is 83.1 Å². The predicted octanol–water partition coefficient (Wildman–Crippen LogP) is 3.82. The zero-order valence-electron chi connectivity index (χ0n) is 11.5. The van der Waals surface area contributed by atoms with Gasteiger partial charge in [0.2, 0.25) is 0 Å². The van der Waals surface area contributed by atoms with Crippen molar-refractivity contribution < 1.29 is 0 Å². The van der Waals surface area contributed by atoms with E-state index in [4.69, 9.17) is 11.6 Å². The average molecular weight is 298 g/mol. The quantitative estimate of drug-likeness (QED) is 0.776. The van der Waals surface area contributed by atoms with Gasteiger partial charge < -0.3 is 5.32 Å². The smallest absolute Gasteiger partial charge is 0.0690 e. The molecule has 1 aromatic heterocycles. The van der Waals surface area contributed by atoms with Gasteiger partial charge in [0.05, 0.1) is 5.69 Å². The molecule has 0 fully saturated rings. The summed E-state index contributed by atoms with van der Waals surface area (Å²) >= 11 is 6.16. The maximum absolute atomic E-state index is 6.16. The summed E-state index contributed by atoms with van der Waals surface area (Å²) in [5, 5.41) is 8.53. The van der Waals surface area contributed by atoms with Gasteiger partial charge in [-0.1, -0.05) is 48.0 Å². The molecule has 21 heavy (non-hydrogen) atoms. The van der Waals surface area contributed by atoms with E-state index in [1.165, 1.54) is 5.56 Å². The van der Waals surface area contributed by atoms with Crippen molar-refractivity contribution in [3.63, 3.8) is 0 Å². The van der Waals surface area contributed by atoms with Gasteiger partial charge in [0.15, 0.2) is 0 Å². The van der Waals surface area contributed by atoms with Crippen molar-refractivity contribution in [2.24, 2.45) is 0 Å². The molecule has 0 aliphatic carbocycles. The molecule has 106 valence electrons. The molecule has 0 spiro atoms. The number of nitrogens with zero attached hydrogens (tertiary/aromatic N) is 2. The molecule has 0 aliphatic heterocycles. The SMILES string of the molecule is Clc1ccccc1CNCc1ccccc1-n1cccn1. The second kappa shape index (κ2) is 6.57. The van der Waals surface area contributed by atoms with Crippen LogP contribution in [-0.2, 0) is 13.1 Å². The van der Waals surface area contributed by atoms with E-state index in [0.29, 0.717) is 0 Å². The highest BCUT2D eigenvalue weighted by Gasteiger charge is 2.04. The third-order valence-corrected chi connectivity index (χ3v) is 3.70. The second-order valence-corrected chi connectivity index (χ2v) is 5.18. The normalized spacial score (nSPS) is 10.7. The van der Waals surface area contributed by atoms with Crippen LogP contribution in [0, 0.1) is 0 Å². The van der Waals surface area contributed by atoms with Crippen LogP contribution >= 0.6 is 11.6 Å². The Hall–Kier alpha value is -2.10. The lowest BCUT2D eigenvalue weighted by Gasteiger charge is -2.11. The van der Waals surface area contributed by atoms with Gasteiger partial charge in [0.25, 0.3) is 0 Å². The highest BCUT2D eigenvalue weighted by atomic mass is 35.5. The highest BCUT2D eigenvalue weighted by molar-refractivity contribution is 6.31. The van der Waals surface area contributed by atoms with E-state index >= 15 is 0 Å². The van der Waals surface area contributed by atoms with Gasteiger partial charge in [-0.25, -0.2) is 4.68 Å². The number of hydrogen-bond donors (Lipinski definition) is 1. The predicted molar refractivity (Wildman–Crippen MR) is 85.6 cm³/mol. The van der Waals surface area contributed by atoms with Gasteiger partial charge in [-0.05, 0) is 29.3 Å². The summed E-state index contributed by atoms with van der Waals surface area (Å²) in [4.78, 5) is 0. The first kappa shape index (κ1) is 13.9. The maximum Gasteiger partial charge on any atom is 0.0690 e. The Morgan fingerprint density at radius 2 is 1.62 bits per heavy atom. The number of nitrogens with one attached hydrogen (secondary N) is 1. The summed E-state index contributed by atoms with van der Waals surface area (Å²) in [6, 6.07) is 18.1. The molecule has 3 rings (SSSR count). The molecule has 1 N–H and O–H groups in total. The van der Waals surface area contributed by atoms with E-state index in [0.717, 1.165) is 29.4 Å². The van der Waals surface area contributed by atoms with Gasteiger partial charge in [-0.2, -0.15) is 5.10 Å². The van der Waals surface area contributed by atoms with Gasteiger partial charge >= 0.3 is 0 Å². The summed E-state index contributed by atoms with van der Waals surface area (Å²) in [5.41, 5.74) is 3.40. The zero-order chi connectivity index (χ0) is 14.5. The molecule has 0 bridgehead atoms. The van der Waals surface area contributed by atoms with Crippen LogP contribution in [0.15, 0.2) is 67.0 Å². The zero-order valence-corrected chi connectivity index (χ0v) is 12.3. The summed E-state index contributed by atoms with van der Waals surface area (Å²) in [7, 11) is 0. The Morgan fingerprint density at radius 1 is 0.905 bits per heavy atom. The van der Waals surface area contributed by atoms with Crippen LogP contribution < -0.4 is 5.32 Å². The summed E-state index contributed by atoms with van der Waals surface area (Å²) < 4.78 is 1.88. The fourth-order valence-corrected chi connectivity index (χ4v) is 2.47. The van der Waals surface area contributed by atoms with Crippen molar-refractivity contribution in [2.75, 3.05) is 0 Å². The first-order valence-corrected chi connectivity index (χ1v) is 7.24. The molecule has 0 amide bonds. The Kier molecular flexibility index (Phi) is 4.34. The Balaban J connectivity index is 1.70. The molecule has 1 heterocycles. The van der Waals surface area contributed by atoms with Crippen LogP contribution in [0.25, 0.3) is 5.69 Å². The third-order valence-electron chi connectivity index (χ3n) is 3.33. The van der Waals surface area contributed by atoms with Gasteiger partial charge in [0.1, 0.15) is 0 Å². The fourth-order valence-electron chi connectivity index (χ4n) is 2.27. The molecule has 3 nitrogen and oxygen atoms in total. The highest BCUT2D eigenvalue weighted by Crippen LogP contribution is 2.16. The number of halogens is 1. The van der Waals surface area contributed by atoms with E-state index in [9.17, 15) is 0 Å². The van der Waals surface area contributed by atoms with E-state index in [2.05, 4.69) is 22.5 Å². The van der Waals surface area contributed by atoms with Crippen molar-refractivity contribution in [1.29, 1.82) is 0 Å². The minimum atomic E-state index is 0.743. The maximum atomic E-state index is 6.16. The van der Waals surface area contributed by atoms with Crippen molar-refractivity contribution in [2.45, 2.75) is 13.1 Å². The van der Waals surface area contributed by atoms with E-state index in [-0.39, 0.29) is 0 Å². The molecule has 0 radical (unpaired) electrons. The van der Waals surface area contributed by atoms with Crippen LogP contribution in [0.3, 0.4) is 0 Å². The van der Waals surface area contributed by atoms with Crippen LogP contribution in [0.2, 0.25) is 5.02 Å². The molecular weight excluding hydrogens is 282 g/mol. The topological polar surface area (TPSA) is 29.9 Å². The number of rotatable bonds is 5. The molecule has 0 unspecified atom stereocenters. The average Bonchev–Trinajstić information content (AvgIpc) is 3.04. The number of hydrogen-bond acceptors (Lipinski definition) is 2. The lowest BCUT2D eigenvalue weighted by Crippen LogP contribution is -2.14. The van der Waals surface area contributed by atoms with E-state index in [1.54, 1.807) is 6.20 Å². The van der Waals surface area contributed by atoms with Gasteiger partial charge in [0, 0.05) is 30.5 Å². The third kappa shape index (κ3) is 3.32. The Morgan fingerprint density at radius 3 is 2.38 bits per heavy atom. The molecule has 0 saturated heterocycles. The lowest BCUT2D eigenvalue weighted by molar-refractivity contribution is 0.686. The van der Waals surface area contributed by atoms with Crippen LogP contribution in [0.4, 0.5) is 0 Å². The minimum absolute atomic E-state index is 0.743. The molecule has 2 aromatic carbocycles. The van der Waals surface area contributed by atoms with E-state index in [1.807, 2.05) is 53.3 Å². The Bertz CT molecular complexity index is 708. The molecule has 0 atom stereocenters. The molecule has 0 saturated carbocycles. The largest absolute Gasteiger partial charge is 0.308 e. The van der Waals surface area contributed by atoms with Crippen LogP contribution in [0.5, 0.6) is 0 Å². The minimum Gasteiger partial charge on any atom is -0.308 e. The molecule has 3 aromatic rings. The molecule has 4 heteroatoms. The van der Waals surface area contributed by atoms with Crippen molar-refractivity contribution >= 4 is 11.6 Å². The number of para-hydroxylation sites is 1. The number of aromatic nitrogens is 2. The summed E-state index contributed by atoms with van der Waals surface area (Å²) in [6.45, 7) is 1.51. The monoisotopic (exact) mass is 297 g/mol. The lowest BCUT2D eigenvalue weighted by atomic mass is 10.1. The van der Waals surface area contributed by atoms with Crippen LogP contribution in [-0.4, -0.2) is 9.78 Å². The summed E-state index contributed by atoms with van der Waals surface area (Å²) in [6.07, 6.45) is 3.74.